The Hall–Kier alpha value is -3.68. The molecule has 31 heavy (non-hydrogen) atoms. The highest BCUT2D eigenvalue weighted by atomic mass is 19.1. The molecule has 0 bridgehead atoms. The van der Waals surface area contributed by atoms with Gasteiger partial charge in [0.05, 0.1) is 6.33 Å². The molecular weight excluding hydrogens is 395 g/mol. The van der Waals surface area contributed by atoms with Crippen LogP contribution < -0.4 is 27.2 Å². The van der Waals surface area contributed by atoms with Gasteiger partial charge in [-0.15, -0.1) is 0 Å². The van der Waals surface area contributed by atoms with Crippen molar-refractivity contribution in [1.82, 2.24) is 10.3 Å². The molecule has 7 nitrogen and oxygen atoms in total. The van der Waals surface area contributed by atoms with Crippen molar-refractivity contribution in [3.63, 3.8) is 0 Å². The number of ether oxygens (including phenoxy) is 1. The Balaban J connectivity index is 0.00000166. The fourth-order valence-electron chi connectivity index (χ4n) is 2.90. The van der Waals surface area contributed by atoms with Gasteiger partial charge in [0.25, 0.3) is 0 Å². The van der Waals surface area contributed by atoms with Crippen LogP contribution in [0.1, 0.15) is 33.6 Å². The lowest BCUT2D eigenvalue weighted by molar-refractivity contribution is 0.363. The predicted molar refractivity (Wildman–Crippen MR) is 124 cm³/mol. The number of nitrogens with two attached hydrogens (primary N) is 2. The standard InChI is InChI=1S/C21H23FN6O.C2H6/c1-14(29-18-4-2-3-15-13-25-12-10-17(15)18)5-6-16(9-11-22)26-20-8-7-19(23)27-21(24)28-20;1-2/h3,5-13,20,26H,2,4H2,1H3,(H4,23,24,27,28);1-2H3/b11-9+,14-5+,16-6+;. The zero-order valence-corrected chi connectivity index (χ0v) is 18.0. The fraction of sp³-hybridized carbons (Fsp3) is 0.261. The van der Waals surface area contributed by atoms with E-state index in [-0.39, 0.29) is 11.8 Å². The Morgan fingerprint density at radius 2 is 2.10 bits per heavy atom. The molecule has 2 heterocycles. The van der Waals surface area contributed by atoms with Crippen molar-refractivity contribution in [2.75, 3.05) is 0 Å². The van der Waals surface area contributed by atoms with Crippen LogP contribution in [0, 0.1) is 0 Å². The van der Waals surface area contributed by atoms with Gasteiger partial charge in [-0.3, -0.25) is 4.98 Å². The molecule has 0 saturated carbocycles. The summed E-state index contributed by atoms with van der Waals surface area (Å²) in [7, 11) is 0. The van der Waals surface area contributed by atoms with Gasteiger partial charge in [0, 0.05) is 29.7 Å². The molecule has 5 N–H and O–H groups in total. The number of aliphatic imine (C=N–C) groups is 2. The number of aromatic nitrogens is 1. The molecule has 0 spiro atoms. The third kappa shape index (κ3) is 7.26. The molecule has 3 rings (SSSR count). The zero-order valence-electron chi connectivity index (χ0n) is 18.0. The van der Waals surface area contributed by atoms with Crippen LogP contribution in [0.5, 0.6) is 0 Å². The molecule has 1 aliphatic carbocycles. The van der Waals surface area contributed by atoms with Crippen molar-refractivity contribution in [1.29, 1.82) is 0 Å². The van der Waals surface area contributed by atoms with Gasteiger partial charge >= 0.3 is 0 Å². The highest BCUT2D eigenvalue weighted by Gasteiger charge is 2.09. The normalized spacial score (nSPS) is 18.7. The number of guanidine groups is 1. The van der Waals surface area contributed by atoms with Gasteiger partial charge in [-0.05, 0) is 55.0 Å². The molecule has 1 aromatic rings. The minimum absolute atomic E-state index is 0.0438. The highest BCUT2D eigenvalue weighted by Crippen LogP contribution is 2.14. The first-order valence-corrected chi connectivity index (χ1v) is 10.1. The third-order valence-corrected chi connectivity index (χ3v) is 4.19. The van der Waals surface area contributed by atoms with Crippen LogP contribution in [-0.4, -0.2) is 22.9 Å². The Kier molecular flexibility index (Phi) is 9.22. The quantitative estimate of drug-likeness (QED) is 0.479. The van der Waals surface area contributed by atoms with E-state index in [4.69, 9.17) is 16.2 Å². The van der Waals surface area contributed by atoms with Crippen molar-refractivity contribution in [3.05, 3.63) is 77.1 Å². The monoisotopic (exact) mass is 424 g/mol. The van der Waals surface area contributed by atoms with Crippen LogP contribution in [0.3, 0.4) is 0 Å². The van der Waals surface area contributed by atoms with Crippen LogP contribution in [0.25, 0.3) is 11.8 Å². The van der Waals surface area contributed by atoms with Gasteiger partial charge in [0.2, 0.25) is 5.96 Å². The highest BCUT2D eigenvalue weighted by molar-refractivity contribution is 6.01. The number of nitrogens with one attached hydrogen (secondary N) is 1. The second kappa shape index (κ2) is 12.1. The number of rotatable bonds is 6. The molecule has 1 aromatic heterocycles. The maximum atomic E-state index is 12.8. The molecule has 0 aromatic carbocycles. The average Bonchev–Trinajstić information content (AvgIpc) is 2.93. The van der Waals surface area contributed by atoms with Gasteiger partial charge in [-0.1, -0.05) is 19.9 Å². The molecule has 1 aliphatic heterocycles. The van der Waals surface area contributed by atoms with E-state index in [1.807, 2.05) is 33.0 Å². The third-order valence-electron chi connectivity index (χ3n) is 4.19. The smallest absolute Gasteiger partial charge is 0.219 e. The van der Waals surface area contributed by atoms with E-state index in [2.05, 4.69) is 26.4 Å². The molecule has 0 radical (unpaired) electrons. The SMILES string of the molecule is CC.C\C(=C/C=C(\C=C\F)NC1C=CC(N)=NC(N)=N1)OC1=c2ccncc2=CCC1. The minimum Gasteiger partial charge on any atom is -0.466 e. The van der Waals surface area contributed by atoms with Crippen LogP contribution in [0.4, 0.5) is 4.39 Å². The maximum Gasteiger partial charge on any atom is 0.219 e. The largest absolute Gasteiger partial charge is 0.466 e. The van der Waals surface area contributed by atoms with E-state index in [1.165, 1.54) is 6.08 Å². The molecule has 164 valence electrons. The number of amidine groups is 1. The Bertz CT molecular complexity index is 1070. The predicted octanol–water partition coefficient (Wildman–Crippen LogP) is 2.24. The van der Waals surface area contributed by atoms with Gasteiger partial charge in [0.1, 0.15) is 23.5 Å². The lowest BCUT2D eigenvalue weighted by Gasteiger charge is -2.14. The van der Waals surface area contributed by atoms with Gasteiger partial charge in [-0.2, -0.15) is 4.99 Å². The second-order valence-electron chi connectivity index (χ2n) is 6.40. The Morgan fingerprint density at radius 1 is 1.29 bits per heavy atom. The number of hydrogen-bond acceptors (Lipinski definition) is 7. The maximum absolute atomic E-state index is 12.8. The van der Waals surface area contributed by atoms with Crippen molar-refractivity contribution in [2.45, 2.75) is 39.8 Å². The lowest BCUT2D eigenvalue weighted by Crippen LogP contribution is -2.30. The molecule has 0 saturated heterocycles. The molecular formula is C23H29FN6O. The summed E-state index contributed by atoms with van der Waals surface area (Å²) in [5.74, 6) is 1.85. The van der Waals surface area contributed by atoms with Gasteiger partial charge in [0.15, 0.2) is 0 Å². The second-order valence-corrected chi connectivity index (χ2v) is 6.40. The lowest BCUT2D eigenvalue weighted by atomic mass is 10.1. The van der Waals surface area contributed by atoms with Crippen LogP contribution >= 0.6 is 0 Å². The van der Waals surface area contributed by atoms with E-state index >= 15 is 0 Å². The first-order chi connectivity index (χ1) is 15.0. The number of pyridine rings is 1. The summed E-state index contributed by atoms with van der Waals surface area (Å²) in [6, 6.07) is 1.94. The number of nitrogens with zero attached hydrogens (tertiary/aromatic N) is 3. The number of hydrogen-bond donors (Lipinski definition) is 3. The molecule has 1 atom stereocenters. The van der Waals surface area contributed by atoms with Crippen LogP contribution in [0.15, 0.2) is 76.6 Å². The van der Waals surface area contributed by atoms with E-state index in [1.54, 1.807) is 30.5 Å². The number of halogens is 1. The molecule has 0 fully saturated rings. The summed E-state index contributed by atoms with van der Waals surface area (Å²) in [6.45, 7) is 5.84. The fourth-order valence-corrected chi connectivity index (χ4v) is 2.90. The molecule has 2 aliphatic rings. The van der Waals surface area contributed by atoms with E-state index in [0.29, 0.717) is 17.8 Å². The van der Waals surface area contributed by atoms with Gasteiger partial charge < -0.3 is 21.5 Å². The van der Waals surface area contributed by atoms with Crippen molar-refractivity contribution < 1.29 is 9.13 Å². The Morgan fingerprint density at radius 3 is 2.87 bits per heavy atom. The van der Waals surface area contributed by atoms with Crippen molar-refractivity contribution >= 4 is 23.6 Å². The first kappa shape index (κ1) is 23.6. The minimum atomic E-state index is -0.528. The summed E-state index contributed by atoms with van der Waals surface area (Å²) in [6.07, 6.45) is 15.3. The van der Waals surface area contributed by atoms with E-state index in [0.717, 1.165) is 29.0 Å². The molecule has 8 heteroatoms. The number of fused-ring (bicyclic) bond motifs is 1. The summed E-state index contributed by atoms with van der Waals surface area (Å²) < 4.78 is 18.9. The van der Waals surface area contributed by atoms with E-state index in [9.17, 15) is 4.39 Å². The summed E-state index contributed by atoms with van der Waals surface area (Å²) in [4.78, 5) is 12.2. The van der Waals surface area contributed by atoms with E-state index < -0.39 is 6.17 Å². The first-order valence-electron chi connectivity index (χ1n) is 10.1. The summed E-state index contributed by atoms with van der Waals surface area (Å²) in [5, 5.41) is 5.16. The number of allylic oxidation sites excluding steroid dienone is 4. The van der Waals surface area contributed by atoms with Crippen LogP contribution in [-0.2, 0) is 4.74 Å². The van der Waals surface area contributed by atoms with Crippen molar-refractivity contribution in [2.24, 2.45) is 21.5 Å². The summed E-state index contributed by atoms with van der Waals surface area (Å²) in [5.41, 5.74) is 11.8. The Labute approximate surface area is 181 Å². The topological polar surface area (TPSA) is 111 Å². The average molecular weight is 425 g/mol. The zero-order chi connectivity index (χ0) is 22.6. The van der Waals surface area contributed by atoms with Crippen LogP contribution in [0.2, 0.25) is 0 Å². The molecule has 0 amide bonds. The van der Waals surface area contributed by atoms with Gasteiger partial charge in [-0.25, -0.2) is 9.38 Å². The molecule has 1 unspecified atom stereocenters. The summed E-state index contributed by atoms with van der Waals surface area (Å²) >= 11 is 0. The van der Waals surface area contributed by atoms with Crippen molar-refractivity contribution in [3.8, 4) is 0 Å².